The van der Waals surface area contributed by atoms with Gasteiger partial charge in [-0.1, -0.05) is 0 Å². The predicted octanol–water partition coefficient (Wildman–Crippen LogP) is 3.01. The number of aromatic amines is 1. The van der Waals surface area contributed by atoms with Crippen LogP contribution in [-0.2, 0) is 0 Å². The summed E-state index contributed by atoms with van der Waals surface area (Å²) in [7, 11) is 0. The fourth-order valence-corrected chi connectivity index (χ4v) is 2.78. The van der Waals surface area contributed by atoms with Crippen molar-refractivity contribution < 1.29 is 19.4 Å². The van der Waals surface area contributed by atoms with Crippen molar-refractivity contribution in [3.05, 3.63) is 27.9 Å². The fourth-order valence-electron chi connectivity index (χ4n) is 2.25. The second-order valence-corrected chi connectivity index (χ2v) is 5.57. The lowest BCUT2D eigenvalue weighted by atomic mass is 10.0. The normalized spacial score (nSPS) is 13.8. The lowest BCUT2D eigenvalue weighted by Gasteiger charge is -2.14. The summed E-state index contributed by atoms with van der Waals surface area (Å²) in [6.07, 6.45) is 0.821. The Morgan fingerprint density at radius 2 is 2.05 bits per heavy atom. The molecule has 2 aromatic rings. The standard InChI is InChI=1S/C14H13BrN2O4/c1-7-8(10-6-11(14(18)19)17-16-10)5-9(15)13-12(7)20-3-2-4-21-13/h5-6H,2-4H2,1H3,(H,16,17)(H,18,19). The quantitative estimate of drug-likeness (QED) is 0.867. The fraction of sp³-hybridized carbons (Fsp3) is 0.286. The van der Waals surface area contributed by atoms with Crippen molar-refractivity contribution in [1.82, 2.24) is 10.2 Å². The van der Waals surface area contributed by atoms with Crippen molar-refractivity contribution in [2.45, 2.75) is 13.3 Å². The van der Waals surface area contributed by atoms with E-state index in [1.807, 2.05) is 13.0 Å². The Morgan fingerprint density at radius 1 is 1.33 bits per heavy atom. The van der Waals surface area contributed by atoms with Gasteiger partial charge in [-0.3, -0.25) is 5.10 Å². The predicted molar refractivity (Wildman–Crippen MR) is 79.0 cm³/mol. The van der Waals surface area contributed by atoms with Crippen LogP contribution in [0.1, 0.15) is 22.5 Å². The molecule has 0 saturated carbocycles. The van der Waals surface area contributed by atoms with Gasteiger partial charge in [0.15, 0.2) is 11.5 Å². The molecule has 3 rings (SSSR count). The number of ether oxygens (including phenoxy) is 2. The Hall–Kier alpha value is -2.02. The number of carbonyl (C=O) groups is 1. The largest absolute Gasteiger partial charge is 0.489 e. The zero-order chi connectivity index (χ0) is 15.0. The molecule has 0 aliphatic carbocycles. The first-order valence-corrected chi connectivity index (χ1v) is 7.25. The van der Waals surface area contributed by atoms with Gasteiger partial charge in [-0.25, -0.2) is 4.79 Å². The number of nitrogens with one attached hydrogen (secondary N) is 1. The van der Waals surface area contributed by atoms with Gasteiger partial charge in [-0.2, -0.15) is 5.10 Å². The van der Waals surface area contributed by atoms with E-state index in [0.29, 0.717) is 30.4 Å². The molecule has 0 fully saturated rings. The third-order valence-electron chi connectivity index (χ3n) is 3.30. The van der Waals surface area contributed by atoms with Crippen LogP contribution in [0.5, 0.6) is 11.5 Å². The van der Waals surface area contributed by atoms with E-state index in [9.17, 15) is 4.79 Å². The number of carboxylic acids is 1. The van der Waals surface area contributed by atoms with Gasteiger partial charge in [-0.15, -0.1) is 0 Å². The summed E-state index contributed by atoms with van der Waals surface area (Å²) in [6.45, 7) is 3.10. The highest BCUT2D eigenvalue weighted by molar-refractivity contribution is 9.10. The summed E-state index contributed by atoms with van der Waals surface area (Å²) in [5, 5.41) is 15.5. The molecular weight excluding hydrogens is 340 g/mol. The van der Waals surface area contributed by atoms with Gasteiger partial charge < -0.3 is 14.6 Å². The third kappa shape index (κ3) is 2.49. The molecule has 21 heavy (non-hydrogen) atoms. The molecule has 1 aromatic carbocycles. The van der Waals surface area contributed by atoms with Gasteiger partial charge in [0.05, 0.1) is 23.4 Å². The van der Waals surface area contributed by atoms with Crippen molar-refractivity contribution in [2.75, 3.05) is 13.2 Å². The van der Waals surface area contributed by atoms with Crippen LogP contribution in [0, 0.1) is 6.92 Å². The number of carboxylic acid groups (broad SMARTS) is 1. The molecule has 0 bridgehead atoms. The first-order chi connectivity index (χ1) is 10.1. The van der Waals surface area contributed by atoms with E-state index < -0.39 is 5.97 Å². The molecule has 2 N–H and O–H groups in total. The van der Waals surface area contributed by atoms with Gasteiger partial charge >= 0.3 is 5.97 Å². The van der Waals surface area contributed by atoms with Crippen molar-refractivity contribution in [3.8, 4) is 22.8 Å². The summed E-state index contributed by atoms with van der Waals surface area (Å²) in [5.41, 5.74) is 2.28. The zero-order valence-electron chi connectivity index (χ0n) is 11.3. The molecule has 7 heteroatoms. The average molecular weight is 353 g/mol. The minimum Gasteiger partial charge on any atom is -0.489 e. The van der Waals surface area contributed by atoms with Crippen molar-refractivity contribution in [1.29, 1.82) is 0 Å². The van der Waals surface area contributed by atoms with Gasteiger partial charge in [0.25, 0.3) is 0 Å². The van der Waals surface area contributed by atoms with Crippen LogP contribution >= 0.6 is 15.9 Å². The van der Waals surface area contributed by atoms with Crippen molar-refractivity contribution in [2.24, 2.45) is 0 Å². The molecule has 1 aliphatic rings. The number of hydrogen-bond donors (Lipinski definition) is 2. The lowest BCUT2D eigenvalue weighted by molar-refractivity contribution is 0.0690. The molecule has 2 heterocycles. The lowest BCUT2D eigenvalue weighted by Crippen LogP contribution is -1.98. The second-order valence-electron chi connectivity index (χ2n) is 4.71. The Morgan fingerprint density at radius 3 is 2.71 bits per heavy atom. The van der Waals surface area contributed by atoms with E-state index >= 15 is 0 Å². The van der Waals surface area contributed by atoms with E-state index in [2.05, 4.69) is 26.1 Å². The highest BCUT2D eigenvalue weighted by Gasteiger charge is 2.21. The van der Waals surface area contributed by atoms with Crippen molar-refractivity contribution in [3.63, 3.8) is 0 Å². The molecule has 0 unspecified atom stereocenters. The van der Waals surface area contributed by atoms with E-state index in [1.54, 1.807) is 0 Å². The molecule has 0 spiro atoms. The number of benzene rings is 1. The number of rotatable bonds is 2. The molecule has 1 aromatic heterocycles. The number of aromatic nitrogens is 2. The highest BCUT2D eigenvalue weighted by atomic mass is 79.9. The number of H-pyrrole nitrogens is 1. The molecule has 0 saturated heterocycles. The van der Waals surface area contributed by atoms with Crippen LogP contribution in [0.2, 0.25) is 0 Å². The maximum absolute atomic E-state index is 11.0. The second kappa shape index (κ2) is 5.40. The molecular formula is C14H13BrN2O4. The monoisotopic (exact) mass is 352 g/mol. The van der Waals surface area contributed by atoms with Gasteiger partial charge in [0.1, 0.15) is 5.69 Å². The maximum atomic E-state index is 11.0. The number of nitrogens with zero attached hydrogens (tertiary/aromatic N) is 1. The van der Waals surface area contributed by atoms with Gasteiger partial charge in [0.2, 0.25) is 0 Å². The van der Waals surface area contributed by atoms with E-state index in [-0.39, 0.29) is 5.69 Å². The smallest absolute Gasteiger partial charge is 0.353 e. The van der Waals surface area contributed by atoms with Crippen LogP contribution in [0.3, 0.4) is 0 Å². The molecule has 0 radical (unpaired) electrons. The van der Waals surface area contributed by atoms with Crippen molar-refractivity contribution >= 4 is 21.9 Å². The molecule has 1 aliphatic heterocycles. The van der Waals surface area contributed by atoms with Gasteiger partial charge in [0, 0.05) is 17.5 Å². The third-order valence-corrected chi connectivity index (χ3v) is 3.89. The minimum absolute atomic E-state index is 0.0487. The van der Waals surface area contributed by atoms with Crippen LogP contribution < -0.4 is 9.47 Å². The SMILES string of the molecule is Cc1c(-c2cc(C(=O)O)[nH]n2)cc(Br)c2c1OCCCO2. The zero-order valence-corrected chi connectivity index (χ0v) is 12.9. The number of hydrogen-bond acceptors (Lipinski definition) is 4. The Labute approximate surface area is 129 Å². The van der Waals surface area contributed by atoms with E-state index in [4.69, 9.17) is 14.6 Å². The summed E-state index contributed by atoms with van der Waals surface area (Å²) in [5.74, 6) is 0.319. The maximum Gasteiger partial charge on any atom is 0.353 e. The Balaban J connectivity index is 2.12. The highest BCUT2D eigenvalue weighted by Crippen LogP contribution is 2.44. The average Bonchev–Trinajstić information content (AvgIpc) is 2.80. The van der Waals surface area contributed by atoms with Crippen LogP contribution in [0.15, 0.2) is 16.6 Å². The summed E-state index contributed by atoms with van der Waals surface area (Å²) >= 11 is 3.48. The minimum atomic E-state index is -1.04. The topological polar surface area (TPSA) is 84.4 Å². The Bertz CT molecular complexity index is 711. The first-order valence-electron chi connectivity index (χ1n) is 6.45. The number of fused-ring (bicyclic) bond motifs is 1. The molecule has 110 valence electrons. The number of aromatic carboxylic acids is 1. The molecule has 0 atom stereocenters. The number of halogens is 1. The first kappa shape index (κ1) is 13.9. The molecule has 6 nitrogen and oxygen atoms in total. The van der Waals surface area contributed by atoms with Crippen LogP contribution in [0.4, 0.5) is 0 Å². The van der Waals surface area contributed by atoms with E-state index in [1.165, 1.54) is 6.07 Å². The summed E-state index contributed by atoms with van der Waals surface area (Å²) in [6, 6.07) is 3.37. The summed E-state index contributed by atoms with van der Waals surface area (Å²) < 4.78 is 12.2. The van der Waals surface area contributed by atoms with Crippen LogP contribution in [0.25, 0.3) is 11.3 Å². The Kier molecular flexibility index (Phi) is 3.59. The van der Waals surface area contributed by atoms with E-state index in [0.717, 1.165) is 22.0 Å². The van der Waals surface area contributed by atoms with Crippen LogP contribution in [-0.4, -0.2) is 34.5 Å². The molecule has 0 amide bonds. The summed E-state index contributed by atoms with van der Waals surface area (Å²) in [4.78, 5) is 11.0. The van der Waals surface area contributed by atoms with Gasteiger partial charge in [-0.05, 0) is 35.0 Å².